The third-order valence-electron chi connectivity index (χ3n) is 2.31. The van der Waals surface area contributed by atoms with Crippen molar-refractivity contribution in [1.82, 2.24) is 10.6 Å². The summed E-state index contributed by atoms with van der Waals surface area (Å²) in [5.74, 6) is -1.08. The van der Waals surface area contributed by atoms with E-state index in [4.69, 9.17) is 14.6 Å². The van der Waals surface area contributed by atoms with E-state index in [0.717, 1.165) is 0 Å². The normalized spacial score (nSPS) is 9.57. The number of amides is 2. The van der Waals surface area contributed by atoms with Crippen LogP contribution in [0.2, 0.25) is 0 Å². The van der Waals surface area contributed by atoms with Crippen molar-refractivity contribution >= 4 is 17.8 Å². The number of methoxy groups -OCH3 is 1. The van der Waals surface area contributed by atoms with Gasteiger partial charge in [0.15, 0.2) is 6.61 Å². The second-order valence-corrected chi connectivity index (χ2v) is 3.91. The van der Waals surface area contributed by atoms with E-state index in [1.165, 1.54) is 0 Å². The standard InChI is InChI=1S/C13H16N2O6/c1-20-9-2-4-10(5-3-9)21-8-12(17)14-6-11(16)15-7-13(18)19/h2-5H,6-8H2,1H3,(H,14,17)(H,15,16)(H,18,19). The third-order valence-corrected chi connectivity index (χ3v) is 2.31. The summed E-state index contributed by atoms with van der Waals surface area (Å²) in [5.41, 5.74) is 0. The van der Waals surface area contributed by atoms with Gasteiger partial charge in [0.2, 0.25) is 5.91 Å². The van der Waals surface area contributed by atoms with Gasteiger partial charge in [-0.05, 0) is 24.3 Å². The molecule has 1 aromatic rings. The molecule has 114 valence electrons. The summed E-state index contributed by atoms with van der Waals surface area (Å²) in [5, 5.41) is 12.8. The number of carboxylic acids is 1. The van der Waals surface area contributed by atoms with Crippen LogP contribution in [0.3, 0.4) is 0 Å². The van der Waals surface area contributed by atoms with E-state index in [0.29, 0.717) is 11.5 Å². The number of ether oxygens (including phenoxy) is 2. The minimum atomic E-state index is -1.16. The van der Waals surface area contributed by atoms with Crippen LogP contribution in [0, 0.1) is 0 Å². The molecule has 0 aliphatic carbocycles. The van der Waals surface area contributed by atoms with E-state index in [2.05, 4.69) is 10.6 Å². The van der Waals surface area contributed by atoms with Crippen LogP contribution in [0.15, 0.2) is 24.3 Å². The lowest BCUT2D eigenvalue weighted by atomic mass is 10.3. The summed E-state index contributed by atoms with van der Waals surface area (Å²) >= 11 is 0. The summed E-state index contributed by atoms with van der Waals surface area (Å²) in [6.07, 6.45) is 0. The maximum atomic E-state index is 11.4. The van der Waals surface area contributed by atoms with Gasteiger partial charge in [-0.1, -0.05) is 0 Å². The molecular formula is C13H16N2O6. The van der Waals surface area contributed by atoms with Crippen LogP contribution in [-0.2, 0) is 14.4 Å². The summed E-state index contributed by atoms with van der Waals surface area (Å²) in [6.45, 7) is -1.05. The number of rotatable bonds is 8. The lowest BCUT2D eigenvalue weighted by molar-refractivity contribution is -0.137. The van der Waals surface area contributed by atoms with Crippen LogP contribution in [-0.4, -0.2) is 49.7 Å². The Labute approximate surface area is 121 Å². The Hall–Kier alpha value is -2.77. The van der Waals surface area contributed by atoms with Crippen molar-refractivity contribution in [3.63, 3.8) is 0 Å². The number of aliphatic carboxylic acids is 1. The first-order valence-corrected chi connectivity index (χ1v) is 6.03. The van der Waals surface area contributed by atoms with Gasteiger partial charge in [-0.15, -0.1) is 0 Å². The first-order valence-electron chi connectivity index (χ1n) is 6.03. The van der Waals surface area contributed by atoms with Crippen molar-refractivity contribution in [3.8, 4) is 11.5 Å². The van der Waals surface area contributed by atoms with Gasteiger partial charge in [-0.2, -0.15) is 0 Å². The number of hydrogen-bond donors (Lipinski definition) is 3. The summed E-state index contributed by atoms with van der Waals surface area (Å²) in [4.78, 5) is 32.8. The first-order chi connectivity index (χ1) is 10.0. The van der Waals surface area contributed by atoms with Gasteiger partial charge in [-0.25, -0.2) is 0 Å². The zero-order chi connectivity index (χ0) is 15.7. The minimum Gasteiger partial charge on any atom is -0.497 e. The Morgan fingerprint density at radius 2 is 1.57 bits per heavy atom. The van der Waals surface area contributed by atoms with Gasteiger partial charge in [0.1, 0.15) is 18.0 Å². The summed E-state index contributed by atoms with van der Waals surface area (Å²) in [6, 6.07) is 6.66. The number of carbonyl (C=O) groups is 3. The lowest BCUT2D eigenvalue weighted by Crippen LogP contribution is -2.40. The van der Waals surface area contributed by atoms with E-state index < -0.39 is 24.3 Å². The van der Waals surface area contributed by atoms with E-state index in [9.17, 15) is 14.4 Å². The SMILES string of the molecule is COc1ccc(OCC(=O)NCC(=O)NCC(=O)O)cc1. The highest BCUT2D eigenvalue weighted by molar-refractivity contribution is 5.87. The highest BCUT2D eigenvalue weighted by Gasteiger charge is 2.07. The maximum absolute atomic E-state index is 11.4. The third kappa shape index (κ3) is 6.81. The molecular weight excluding hydrogens is 280 g/mol. The van der Waals surface area contributed by atoms with Crippen LogP contribution in [0.1, 0.15) is 0 Å². The molecule has 0 radical (unpaired) electrons. The molecule has 0 heterocycles. The van der Waals surface area contributed by atoms with Crippen LogP contribution < -0.4 is 20.1 Å². The van der Waals surface area contributed by atoms with Crippen molar-refractivity contribution in [1.29, 1.82) is 0 Å². The molecule has 1 rings (SSSR count). The van der Waals surface area contributed by atoms with Gasteiger partial charge < -0.3 is 25.2 Å². The van der Waals surface area contributed by atoms with Crippen LogP contribution in [0.25, 0.3) is 0 Å². The lowest BCUT2D eigenvalue weighted by Gasteiger charge is -2.08. The molecule has 0 bridgehead atoms. The molecule has 0 saturated heterocycles. The van der Waals surface area contributed by atoms with E-state index in [-0.39, 0.29) is 13.2 Å². The molecule has 0 aliphatic heterocycles. The van der Waals surface area contributed by atoms with Crippen molar-refractivity contribution in [2.45, 2.75) is 0 Å². The molecule has 1 aromatic carbocycles. The Balaban J connectivity index is 2.24. The zero-order valence-electron chi connectivity index (χ0n) is 11.4. The Bertz CT molecular complexity index is 500. The fourth-order valence-electron chi connectivity index (χ4n) is 1.29. The number of nitrogens with one attached hydrogen (secondary N) is 2. The topological polar surface area (TPSA) is 114 Å². The van der Waals surface area contributed by atoms with Crippen LogP contribution in [0.5, 0.6) is 11.5 Å². The number of benzene rings is 1. The molecule has 0 unspecified atom stereocenters. The first kappa shape index (κ1) is 16.3. The highest BCUT2D eigenvalue weighted by Crippen LogP contribution is 2.16. The van der Waals surface area contributed by atoms with E-state index >= 15 is 0 Å². The maximum Gasteiger partial charge on any atom is 0.322 e. The Morgan fingerprint density at radius 1 is 1.00 bits per heavy atom. The monoisotopic (exact) mass is 296 g/mol. The van der Waals surface area contributed by atoms with Gasteiger partial charge in [-0.3, -0.25) is 14.4 Å². The van der Waals surface area contributed by atoms with Gasteiger partial charge in [0.25, 0.3) is 5.91 Å². The molecule has 8 heteroatoms. The minimum absolute atomic E-state index is 0.251. The molecule has 0 aliphatic rings. The van der Waals surface area contributed by atoms with Gasteiger partial charge in [0.05, 0.1) is 13.7 Å². The Kier molecular flexibility index (Phi) is 6.52. The number of carboxylic acid groups (broad SMARTS) is 1. The molecule has 0 spiro atoms. The summed E-state index contributed by atoms with van der Waals surface area (Å²) in [7, 11) is 1.54. The second-order valence-electron chi connectivity index (χ2n) is 3.91. The molecule has 21 heavy (non-hydrogen) atoms. The van der Waals surface area contributed by atoms with Gasteiger partial charge in [0, 0.05) is 0 Å². The second kappa shape index (κ2) is 8.41. The van der Waals surface area contributed by atoms with Crippen LogP contribution >= 0.6 is 0 Å². The molecule has 8 nitrogen and oxygen atoms in total. The van der Waals surface area contributed by atoms with Gasteiger partial charge >= 0.3 is 5.97 Å². The average Bonchev–Trinajstić information content (AvgIpc) is 2.49. The predicted molar refractivity (Wildman–Crippen MR) is 72.1 cm³/mol. The fraction of sp³-hybridized carbons (Fsp3) is 0.308. The molecule has 2 amide bonds. The van der Waals surface area contributed by atoms with Crippen molar-refractivity contribution in [2.75, 3.05) is 26.8 Å². The molecule has 0 fully saturated rings. The molecule has 0 atom stereocenters. The molecule has 0 saturated carbocycles. The van der Waals surface area contributed by atoms with E-state index in [1.54, 1.807) is 31.4 Å². The highest BCUT2D eigenvalue weighted by atomic mass is 16.5. The van der Waals surface area contributed by atoms with Crippen molar-refractivity contribution in [2.24, 2.45) is 0 Å². The average molecular weight is 296 g/mol. The molecule has 3 N–H and O–H groups in total. The smallest absolute Gasteiger partial charge is 0.322 e. The van der Waals surface area contributed by atoms with E-state index in [1.807, 2.05) is 0 Å². The number of carbonyl (C=O) groups excluding carboxylic acids is 2. The molecule has 0 aromatic heterocycles. The fourth-order valence-corrected chi connectivity index (χ4v) is 1.29. The van der Waals surface area contributed by atoms with Crippen LogP contribution in [0.4, 0.5) is 0 Å². The summed E-state index contributed by atoms with van der Waals surface area (Å²) < 4.78 is 10.2. The van der Waals surface area contributed by atoms with Crippen molar-refractivity contribution < 1.29 is 29.0 Å². The van der Waals surface area contributed by atoms with Crippen molar-refractivity contribution in [3.05, 3.63) is 24.3 Å². The predicted octanol–water partition coefficient (Wildman–Crippen LogP) is -0.609. The zero-order valence-corrected chi connectivity index (χ0v) is 11.4. The quantitative estimate of drug-likeness (QED) is 0.590. The Morgan fingerprint density at radius 3 is 2.14 bits per heavy atom. The largest absolute Gasteiger partial charge is 0.497 e. The number of hydrogen-bond acceptors (Lipinski definition) is 5.